The lowest BCUT2D eigenvalue weighted by atomic mass is 10.2. The normalized spacial score (nSPS) is 9.65. The van der Waals surface area contributed by atoms with Gasteiger partial charge in [0.2, 0.25) is 0 Å². The average molecular weight is 224 g/mol. The lowest BCUT2D eigenvalue weighted by molar-refractivity contribution is 0.477. The number of anilines is 1. The third kappa shape index (κ3) is 2.37. The molecule has 84 valence electrons. The summed E-state index contributed by atoms with van der Waals surface area (Å²) >= 11 is 0. The Morgan fingerprint density at radius 3 is 2.65 bits per heavy atom. The number of nitriles is 1. The van der Waals surface area contributed by atoms with Crippen LogP contribution in [0.1, 0.15) is 11.1 Å². The van der Waals surface area contributed by atoms with E-state index in [1.807, 2.05) is 25.1 Å². The highest BCUT2D eigenvalue weighted by atomic mass is 16.5. The molecule has 0 heterocycles. The van der Waals surface area contributed by atoms with Gasteiger partial charge < -0.3 is 10.5 Å². The number of nitrogens with two attached hydrogens (primary N) is 1. The molecule has 2 aromatic carbocycles. The van der Waals surface area contributed by atoms with Gasteiger partial charge in [-0.05, 0) is 30.7 Å². The van der Waals surface area contributed by atoms with Crippen molar-refractivity contribution in [2.45, 2.75) is 6.92 Å². The molecule has 17 heavy (non-hydrogen) atoms. The van der Waals surface area contributed by atoms with Gasteiger partial charge in [0.25, 0.3) is 0 Å². The predicted octanol–water partition coefficient (Wildman–Crippen LogP) is 3.24. The summed E-state index contributed by atoms with van der Waals surface area (Å²) in [6.07, 6.45) is 0. The summed E-state index contributed by atoms with van der Waals surface area (Å²) < 4.78 is 5.71. The van der Waals surface area contributed by atoms with Crippen LogP contribution in [0.15, 0.2) is 42.5 Å². The Balaban J connectivity index is 2.38. The van der Waals surface area contributed by atoms with Gasteiger partial charge in [0.05, 0.1) is 5.56 Å². The lowest BCUT2D eigenvalue weighted by Crippen LogP contribution is -1.92. The maximum absolute atomic E-state index is 8.97. The molecule has 3 heteroatoms. The van der Waals surface area contributed by atoms with Crippen LogP contribution in [-0.2, 0) is 0 Å². The van der Waals surface area contributed by atoms with Crippen LogP contribution in [0.25, 0.3) is 0 Å². The second-order valence-corrected chi connectivity index (χ2v) is 3.73. The maximum atomic E-state index is 8.97. The molecule has 0 bridgehead atoms. The van der Waals surface area contributed by atoms with Gasteiger partial charge in [-0.1, -0.05) is 18.2 Å². The molecule has 0 fully saturated rings. The molecule has 0 aliphatic heterocycles. The second kappa shape index (κ2) is 4.58. The second-order valence-electron chi connectivity index (χ2n) is 3.73. The number of aryl methyl sites for hydroxylation is 1. The molecular weight excluding hydrogens is 212 g/mol. The molecule has 2 N–H and O–H groups in total. The number of hydrogen-bond acceptors (Lipinski definition) is 3. The van der Waals surface area contributed by atoms with Crippen molar-refractivity contribution < 1.29 is 4.74 Å². The average Bonchev–Trinajstić information content (AvgIpc) is 2.34. The van der Waals surface area contributed by atoms with Gasteiger partial charge >= 0.3 is 0 Å². The van der Waals surface area contributed by atoms with Crippen LogP contribution in [0.3, 0.4) is 0 Å². The minimum Gasteiger partial charge on any atom is -0.456 e. The fraction of sp³-hybridized carbons (Fsp3) is 0.0714. The van der Waals surface area contributed by atoms with Crippen molar-refractivity contribution in [2.75, 3.05) is 5.73 Å². The first-order valence-electron chi connectivity index (χ1n) is 5.24. The van der Waals surface area contributed by atoms with Crippen molar-refractivity contribution in [3.05, 3.63) is 53.6 Å². The summed E-state index contributed by atoms with van der Waals surface area (Å²) in [4.78, 5) is 0. The molecule has 3 nitrogen and oxygen atoms in total. The number of ether oxygens (including phenoxy) is 1. The zero-order valence-electron chi connectivity index (χ0n) is 9.47. The van der Waals surface area contributed by atoms with Gasteiger partial charge in [-0.2, -0.15) is 5.26 Å². The van der Waals surface area contributed by atoms with Gasteiger partial charge in [0.1, 0.15) is 17.6 Å². The Labute approximate surface area is 100 Å². The molecule has 0 spiro atoms. The smallest absolute Gasteiger partial charge is 0.145 e. The molecule has 0 aliphatic rings. The summed E-state index contributed by atoms with van der Waals surface area (Å²) in [5.41, 5.74) is 7.83. The molecule has 2 aromatic rings. The summed E-state index contributed by atoms with van der Waals surface area (Å²) in [6.45, 7) is 1.93. The minimum absolute atomic E-state index is 0.509. The summed E-state index contributed by atoms with van der Waals surface area (Å²) in [5.74, 6) is 1.22. The van der Waals surface area contributed by atoms with Crippen molar-refractivity contribution in [3.63, 3.8) is 0 Å². The van der Waals surface area contributed by atoms with Crippen LogP contribution >= 0.6 is 0 Å². The zero-order valence-corrected chi connectivity index (χ0v) is 9.47. The van der Waals surface area contributed by atoms with E-state index in [1.165, 1.54) is 0 Å². The first-order chi connectivity index (χ1) is 8.20. The predicted molar refractivity (Wildman–Crippen MR) is 66.8 cm³/mol. The van der Waals surface area contributed by atoms with Gasteiger partial charge in [-0.15, -0.1) is 0 Å². The standard InChI is InChI=1S/C14H12N2O/c1-10-6-7-12(16)8-14(10)17-13-5-3-2-4-11(13)9-15/h2-8H,16H2,1H3. The third-order valence-electron chi connectivity index (χ3n) is 2.44. The van der Waals surface area contributed by atoms with Crippen LogP contribution in [-0.4, -0.2) is 0 Å². The quantitative estimate of drug-likeness (QED) is 0.796. The van der Waals surface area contributed by atoms with Crippen molar-refractivity contribution in [2.24, 2.45) is 0 Å². The van der Waals surface area contributed by atoms with Gasteiger partial charge in [0, 0.05) is 11.8 Å². The number of rotatable bonds is 2. The fourth-order valence-electron chi connectivity index (χ4n) is 1.49. The molecule has 0 aromatic heterocycles. The van der Waals surface area contributed by atoms with Gasteiger partial charge in [-0.25, -0.2) is 0 Å². The van der Waals surface area contributed by atoms with E-state index in [0.717, 1.165) is 5.56 Å². The number of benzene rings is 2. The van der Waals surface area contributed by atoms with E-state index >= 15 is 0 Å². The Hall–Kier alpha value is -2.47. The molecule has 0 unspecified atom stereocenters. The van der Waals surface area contributed by atoms with Crippen LogP contribution < -0.4 is 10.5 Å². The highest BCUT2D eigenvalue weighted by Crippen LogP contribution is 2.28. The summed E-state index contributed by atoms with van der Waals surface area (Å²) in [7, 11) is 0. The van der Waals surface area contributed by atoms with Crippen molar-refractivity contribution in [1.29, 1.82) is 5.26 Å². The van der Waals surface area contributed by atoms with Crippen LogP contribution in [0.2, 0.25) is 0 Å². The first kappa shape index (κ1) is 11.0. The lowest BCUT2D eigenvalue weighted by Gasteiger charge is -2.10. The fourth-order valence-corrected chi connectivity index (χ4v) is 1.49. The zero-order chi connectivity index (χ0) is 12.3. The van der Waals surface area contributed by atoms with E-state index in [-0.39, 0.29) is 0 Å². The SMILES string of the molecule is Cc1ccc(N)cc1Oc1ccccc1C#N. The van der Waals surface area contributed by atoms with E-state index in [0.29, 0.717) is 22.7 Å². The number of para-hydroxylation sites is 1. The highest BCUT2D eigenvalue weighted by Gasteiger charge is 2.06. The minimum atomic E-state index is 0.509. The Kier molecular flexibility index (Phi) is 2.97. The van der Waals surface area contributed by atoms with Crippen LogP contribution in [0.4, 0.5) is 5.69 Å². The molecule has 0 saturated carbocycles. The molecule has 2 rings (SSSR count). The van der Waals surface area contributed by atoms with Gasteiger partial charge in [0.15, 0.2) is 0 Å². The molecule has 0 radical (unpaired) electrons. The summed E-state index contributed by atoms with van der Waals surface area (Å²) in [6, 6.07) is 14.7. The molecule has 0 atom stereocenters. The summed E-state index contributed by atoms with van der Waals surface area (Å²) in [5, 5.41) is 8.97. The molecule has 0 amide bonds. The van der Waals surface area contributed by atoms with Crippen molar-refractivity contribution >= 4 is 5.69 Å². The number of nitrogen functional groups attached to an aromatic ring is 1. The van der Waals surface area contributed by atoms with E-state index in [9.17, 15) is 0 Å². The van der Waals surface area contributed by atoms with E-state index in [4.69, 9.17) is 15.7 Å². The maximum Gasteiger partial charge on any atom is 0.145 e. The largest absolute Gasteiger partial charge is 0.456 e. The molecule has 0 saturated heterocycles. The van der Waals surface area contributed by atoms with Crippen LogP contribution in [0, 0.1) is 18.3 Å². The Morgan fingerprint density at radius 2 is 1.88 bits per heavy atom. The van der Waals surface area contributed by atoms with E-state index in [2.05, 4.69) is 6.07 Å². The Bertz CT molecular complexity index is 585. The van der Waals surface area contributed by atoms with Gasteiger partial charge in [-0.3, -0.25) is 0 Å². The van der Waals surface area contributed by atoms with Crippen molar-refractivity contribution in [1.82, 2.24) is 0 Å². The van der Waals surface area contributed by atoms with E-state index < -0.39 is 0 Å². The van der Waals surface area contributed by atoms with Crippen molar-refractivity contribution in [3.8, 4) is 17.6 Å². The Morgan fingerprint density at radius 1 is 1.12 bits per heavy atom. The molecule has 0 aliphatic carbocycles. The first-order valence-corrected chi connectivity index (χ1v) is 5.24. The number of nitrogens with zero attached hydrogens (tertiary/aromatic N) is 1. The molecular formula is C14H12N2O. The van der Waals surface area contributed by atoms with Crippen LogP contribution in [0.5, 0.6) is 11.5 Å². The topological polar surface area (TPSA) is 59.0 Å². The van der Waals surface area contributed by atoms with E-state index in [1.54, 1.807) is 24.3 Å². The monoisotopic (exact) mass is 224 g/mol. The third-order valence-corrected chi connectivity index (χ3v) is 2.44. The number of hydrogen-bond donors (Lipinski definition) is 1. The highest BCUT2D eigenvalue weighted by molar-refractivity contribution is 5.51.